The molecule has 1 aromatic carbocycles. The standard InChI is InChI=1S/C28H38N2/c1-3-5-6-7-8-10-25-21-29-28(30-22-25)20-15-24-13-18-27(19-14-24)26-16-11-23(9-4-2)12-17-26/h13-14,18-19,21-23,26H,3-12,16-17H2,1-2H3. The molecular formula is C28H38N2. The molecule has 30 heavy (non-hydrogen) atoms. The zero-order chi connectivity index (χ0) is 21.0. The zero-order valence-corrected chi connectivity index (χ0v) is 19.0. The molecule has 0 spiro atoms. The Labute approximate surface area is 183 Å². The highest BCUT2D eigenvalue weighted by Crippen LogP contribution is 2.37. The fraction of sp³-hybridized carbons (Fsp3) is 0.571. The van der Waals surface area contributed by atoms with Crippen LogP contribution >= 0.6 is 0 Å². The maximum absolute atomic E-state index is 4.44. The molecule has 2 nitrogen and oxygen atoms in total. The Morgan fingerprint density at radius 3 is 2.17 bits per heavy atom. The molecule has 2 heteroatoms. The maximum atomic E-state index is 4.44. The van der Waals surface area contributed by atoms with E-state index in [4.69, 9.17) is 0 Å². The smallest absolute Gasteiger partial charge is 0.205 e. The van der Waals surface area contributed by atoms with Crippen LogP contribution in [0.3, 0.4) is 0 Å². The third-order valence-corrected chi connectivity index (χ3v) is 6.52. The molecule has 0 bridgehead atoms. The molecule has 2 aromatic rings. The third-order valence-electron chi connectivity index (χ3n) is 6.52. The second kappa shape index (κ2) is 12.5. The van der Waals surface area contributed by atoms with Gasteiger partial charge in [0.25, 0.3) is 0 Å². The van der Waals surface area contributed by atoms with E-state index in [-0.39, 0.29) is 0 Å². The van der Waals surface area contributed by atoms with E-state index in [1.54, 1.807) is 0 Å². The first-order valence-corrected chi connectivity index (χ1v) is 12.2. The number of benzene rings is 1. The first-order valence-electron chi connectivity index (χ1n) is 12.2. The van der Waals surface area contributed by atoms with E-state index in [1.807, 2.05) is 12.4 Å². The van der Waals surface area contributed by atoms with E-state index in [9.17, 15) is 0 Å². The van der Waals surface area contributed by atoms with Crippen molar-refractivity contribution in [1.29, 1.82) is 0 Å². The van der Waals surface area contributed by atoms with Crippen molar-refractivity contribution in [1.82, 2.24) is 9.97 Å². The molecule has 0 saturated heterocycles. The van der Waals surface area contributed by atoms with Gasteiger partial charge in [0.15, 0.2) is 0 Å². The van der Waals surface area contributed by atoms with E-state index < -0.39 is 0 Å². The van der Waals surface area contributed by atoms with Crippen LogP contribution in [0.5, 0.6) is 0 Å². The molecule has 1 aliphatic carbocycles. The first kappa shape index (κ1) is 22.5. The van der Waals surface area contributed by atoms with Gasteiger partial charge in [-0.05, 0) is 79.5 Å². The van der Waals surface area contributed by atoms with Gasteiger partial charge < -0.3 is 0 Å². The van der Waals surface area contributed by atoms with Crippen LogP contribution in [0.25, 0.3) is 0 Å². The summed E-state index contributed by atoms with van der Waals surface area (Å²) in [5, 5.41) is 0. The maximum Gasteiger partial charge on any atom is 0.205 e. The average Bonchev–Trinajstić information content (AvgIpc) is 2.79. The molecule has 160 valence electrons. The molecular weight excluding hydrogens is 364 g/mol. The van der Waals surface area contributed by atoms with Gasteiger partial charge in [-0.1, -0.05) is 70.4 Å². The lowest BCUT2D eigenvalue weighted by Crippen LogP contribution is -2.13. The fourth-order valence-corrected chi connectivity index (χ4v) is 4.64. The quantitative estimate of drug-likeness (QED) is 0.321. The van der Waals surface area contributed by atoms with Gasteiger partial charge in [0, 0.05) is 18.0 Å². The summed E-state index contributed by atoms with van der Waals surface area (Å²) in [6.45, 7) is 4.56. The van der Waals surface area contributed by atoms with Crippen LogP contribution in [0.2, 0.25) is 0 Å². The predicted octanol–water partition coefficient (Wildman–Crippen LogP) is 7.46. The van der Waals surface area contributed by atoms with Crippen LogP contribution in [0.4, 0.5) is 0 Å². The van der Waals surface area contributed by atoms with Crippen LogP contribution in [-0.4, -0.2) is 9.97 Å². The molecule has 1 saturated carbocycles. The zero-order valence-electron chi connectivity index (χ0n) is 19.0. The topological polar surface area (TPSA) is 25.8 Å². The summed E-state index contributed by atoms with van der Waals surface area (Å²) in [5.41, 5.74) is 3.74. The number of rotatable bonds is 9. The molecule has 0 radical (unpaired) electrons. The van der Waals surface area contributed by atoms with E-state index >= 15 is 0 Å². The molecule has 1 aromatic heterocycles. The Kier molecular flexibility index (Phi) is 9.42. The summed E-state index contributed by atoms with van der Waals surface area (Å²) in [6.07, 6.45) is 19.6. The minimum Gasteiger partial charge on any atom is -0.229 e. The number of nitrogens with zero attached hydrogens (tertiary/aromatic N) is 2. The Bertz CT molecular complexity index is 787. The van der Waals surface area contributed by atoms with Crippen molar-refractivity contribution >= 4 is 0 Å². The Hall–Kier alpha value is -2.14. The monoisotopic (exact) mass is 402 g/mol. The van der Waals surface area contributed by atoms with E-state index in [0.717, 1.165) is 23.8 Å². The number of hydrogen-bond acceptors (Lipinski definition) is 2. The molecule has 0 unspecified atom stereocenters. The molecule has 3 rings (SSSR count). The number of hydrogen-bond donors (Lipinski definition) is 0. The third kappa shape index (κ3) is 7.28. The first-order chi connectivity index (χ1) is 14.8. The number of unbranched alkanes of at least 4 members (excludes halogenated alkanes) is 4. The highest BCUT2D eigenvalue weighted by atomic mass is 14.8. The van der Waals surface area contributed by atoms with Gasteiger partial charge in [0.2, 0.25) is 5.82 Å². The van der Waals surface area contributed by atoms with Gasteiger partial charge in [0.1, 0.15) is 0 Å². The lowest BCUT2D eigenvalue weighted by atomic mass is 9.77. The van der Waals surface area contributed by atoms with Gasteiger partial charge in [-0.15, -0.1) is 0 Å². The summed E-state index contributed by atoms with van der Waals surface area (Å²) >= 11 is 0. The van der Waals surface area contributed by atoms with Crippen molar-refractivity contribution in [3.05, 3.63) is 59.2 Å². The summed E-state index contributed by atoms with van der Waals surface area (Å²) in [7, 11) is 0. The lowest BCUT2D eigenvalue weighted by molar-refractivity contribution is 0.308. The average molecular weight is 403 g/mol. The minimum atomic E-state index is 0.614. The molecule has 0 amide bonds. The Morgan fingerprint density at radius 1 is 0.800 bits per heavy atom. The van der Waals surface area contributed by atoms with Gasteiger partial charge in [-0.2, -0.15) is 0 Å². The molecule has 0 N–H and O–H groups in total. The summed E-state index contributed by atoms with van der Waals surface area (Å²) in [4.78, 5) is 8.87. The van der Waals surface area contributed by atoms with Crippen molar-refractivity contribution in [3.8, 4) is 11.8 Å². The van der Waals surface area contributed by atoms with Crippen LogP contribution in [0.1, 0.15) is 113 Å². The molecule has 1 heterocycles. The predicted molar refractivity (Wildman–Crippen MR) is 127 cm³/mol. The Morgan fingerprint density at radius 2 is 1.50 bits per heavy atom. The van der Waals surface area contributed by atoms with Crippen LogP contribution in [0, 0.1) is 17.8 Å². The van der Waals surface area contributed by atoms with Crippen molar-refractivity contribution in [2.24, 2.45) is 5.92 Å². The van der Waals surface area contributed by atoms with Crippen molar-refractivity contribution in [2.45, 2.75) is 96.8 Å². The van der Waals surface area contributed by atoms with Crippen molar-refractivity contribution < 1.29 is 0 Å². The van der Waals surface area contributed by atoms with Gasteiger partial charge in [-0.3, -0.25) is 0 Å². The van der Waals surface area contributed by atoms with Crippen LogP contribution in [0.15, 0.2) is 36.7 Å². The highest BCUT2D eigenvalue weighted by molar-refractivity contribution is 5.40. The van der Waals surface area contributed by atoms with Crippen molar-refractivity contribution in [3.63, 3.8) is 0 Å². The van der Waals surface area contributed by atoms with Crippen LogP contribution in [-0.2, 0) is 6.42 Å². The largest absolute Gasteiger partial charge is 0.229 e. The van der Waals surface area contributed by atoms with Gasteiger partial charge >= 0.3 is 0 Å². The van der Waals surface area contributed by atoms with Gasteiger partial charge in [-0.25, -0.2) is 9.97 Å². The lowest BCUT2D eigenvalue weighted by Gasteiger charge is -2.28. The second-order valence-electron chi connectivity index (χ2n) is 8.96. The molecule has 1 aliphatic rings. The number of aromatic nitrogens is 2. The fourth-order valence-electron chi connectivity index (χ4n) is 4.64. The molecule has 0 aliphatic heterocycles. The van der Waals surface area contributed by atoms with Crippen LogP contribution < -0.4 is 0 Å². The minimum absolute atomic E-state index is 0.614. The van der Waals surface area contributed by atoms with Crippen molar-refractivity contribution in [2.75, 3.05) is 0 Å². The molecule has 0 atom stereocenters. The van der Waals surface area contributed by atoms with E-state index in [2.05, 4.69) is 59.9 Å². The Balaban J connectivity index is 1.48. The highest BCUT2D eigenvalue weighted by Gasteiger charge is 2.21. The second-order valence-corrected chi connectivity index (χ2v) is 8.96. The molecule has 1 fully saturated rings. The summed E-state index contributed by atoms with van der Waals surface area (Å²) in [6, 6.07) is 8.87. The SMILES string of the molecule is CCCCCCCc1cnc(C#Cc2ccc(C3CCC(CCC)CC3)cc2)nc1. The summed E-state index contributed by atoms with van der Waals surface area (Å²) < 4.78 is 0. The number of aryl methyl sites for hydroxylation is 1. The van der Waals surface area contributed by atoms with E-state index in [0.29, 0.717) is 5.82 Å². The van der Waals surface area contributed by atoms with E-state index in [1.165, 1.54) is 81.8 Å². The van der Waals surface area contributed by atoms with Gasteiger partial charge in [0.05, 0.1) is 0 Å². The normalized spacial score (nSPS) is 18.6. The summed E-state index contributed by atoms with van der Waals surface area (Å²) in [5.74, 6) is 8.65.